The molecule has 1 unspecified atom stereocenters. The lowest BCUT2D eigenvalue weighted by atomic mass is 10.0. The van der Waals surface area contributed by atoms with Crippen molar-refractivity contribution in [2.24, 2.45) is 5.73 Å². The van der Waals surface area contributed by atoms with Crippen molar-refractivity contribution in [1.82, 2.24) is 9.88 Å². The van der Waals surface area contributed by atoms with Gasteiger partial charge in [0.05, 0.1) is 17.4 Å². The Morgan fingerprint density at radius 2 is 2.32 bits per heavy atom. The van der Waals surface area contributed by atoms with E-state index in [-0.39, 0.29) is 0 Å². The molecule has 19 heavy (non-hydrogen) atoms. The maximum Gasteiger partial charge on any atom is 0.250 e. The Balaban J connectivity index is 2.21. The molecule has 1 aromatic heterocycles. The van der Waals surface area contributed by atoms with Crippen molar-refractivity contribution in [1.29, 1.82) is 0 Å². The number of pyridine rings is 1. The van der Waals surface area contributed by atoms with Crippen LogP contribution in [-0.4, -0.2) is 49.0 Å². The molecule has 104 valence electrons. The van der Waals surface area contributed by atoms with Gasteiger partial charge in [0.2, 0.25) is 0 Å². The van der Waals surface area contributed by atoms with Crippen molar-refractivity contribution in [3.05, 3.63) is 17.8 Å². The minimum Gasteiger partial charge on any atom is -0.397 e. The molecule has 0 bridgehead atoms. The first-order valence-corrected chi connectivity index (χ1v) is 6.45. The number of piperidine rings is 1. The Morgan fingerprint density at radius 3 is 2.95 bits per heavy atom. The lowest BCUT2D eigenvalue weighted by molar-refractivity contribution is 0.100. The van der Waals surface area contributed by atoms with Crippen LogP contribution in [0.3, 0.4) is 0 Å². The van der Waals surface area contributed by atoms with Crippen molar-refractivity contribution in [2.75, 3.05) is 37.8 Å². The van der Waals surface area contributed by atoms with Crippen LogP contribution in [0.2, 0.25) is 0 Å². The molecule has 2 rings (SSSR count). The lowest BCUT2D eigenvalue weighted by Crippen LogP contribution is -2.45. The minimum atomic E-state index is -0.518. The van der Waals surface area contributed by atoms with Crippen LogP contribution in [-0.2, 0) is 0 Å². The van der Waals surface area contributed by atoms with E-state index < -0.39 is 5.91 Å². The SMILES string of the molecule is CN1CCCC(N(C)c2cc(C(N)=O)c(N)cn2)C1. The first kappa shape index (κ1) is 13.6. The fourth-order valence-corrected chi connectivity index (χ4v) is 2.50. The zero-order chi connectivity index (χ0) is 14.0. The predicted molar refractivity (Wildman–Crippen MR) is 76.1 cm³/mol. The lowest BCUT2D eigenvalue weighted by Gasteiger charge is -2.36. The van der Waals surface area contributed by atoms with Crippen molar-refractivity contribution >= 4 is 17.4 Å². The molecular weight excluding hydrogens is 242 g/mol. The third-order valence-electron chi connectivity index (χ3n) is 3.69. The van der Waals surface area contributed by atoms with Gasteiger partial charge < -0.3 is 21.3 Å². The number of aromatic nitrogens is 1. The molecule has 0 spiro atoms. The summed E-state index contributed by atoms with van der Waals surface area (Å²) in [7, 11) is 4.11. The third kappa shape index (κ3) is 2.96. The Labute approximate surface area is 113 Å². The first-order valence-electron chi connectivity index (χ1n) is 6.45. The average Bonchev–Trinajstić information content (AvgIpc) is 2.38. The quantitative estimate of drug-likeness (QED) is 0.818. The van der Waals surface area contributed by atoms with Crippen LogP contribution in [0.15, 0.2) is 12.3 Å². The molecule has 0 aliphatic carbocycles. The molecular formula is C13H21N5O. The average molecular weight is 263 g/mol. The van der Waals surface area contributed by atoms with Gasteiger partial charge in [0, 0.05) is 19.6 Å². The second-order valence-electron chi connectivity index (χ2n) is 5.16. The minimum absolute atomic E-state index is 0.324. The summed E-state index contributed by atoms with van der Waals surface area (Å²) in [5, 5.41) is 0. The summed E-state index contributed by atoms with van der Waals surface area (Å²) in [6.07, 6.45) is 3.79. The Hall–Kier alpha value is -1.82. The number of hydrogen-bond donors (Lipinski definition) is 2. The number of hydrogen-bond acceptors (Lipinski definition) is 5. The highest BCUT2D eigenvalue weighted by Gasteiger charge is 2.22. The molecule has 6 nitrogen and oxygen atoms in total. The van der Waals surface area contributed by atoms with E-state index in [1.165, 1.54) is 12.6 Å². The van der Waals surface area contributed by atoms with Crippen LogP contribution in [0.25, 0.3) is 0 Å². The second-order valence-corrected chi connectivity index (χ2v) is 5.16. The molecule has 6 heteroatoms. The third-order valence-corrected chi connectivity index (χ3v) is 3.69. The van der Waals surface area contributed by atoms with Gasteiger partial charge in [-0.15, -0.1) is 0 Å². The van der Waals surface area contributed by atoms with Gasteiger partial charge >= 0.3 is 0 Å². The summed E-state index contributed by atoms with van der Waals surface area (Å²) < 4.78 is 0. The molecule has 1 aromatic rings. The van der Waals surface area contributed by atoms with Crippen LogP contribution >= 0.6 is 0 Å². The highest BCUT2D eigenvalue weighted by Crippen LogP contribution is 2.22. The fraction of sp³-hybridized carbons (Fsp3) is 0.538. The molecule has 0 aromatic carbocycles. The van der Waals surface area contributed by atoms with E-state index in [0.29, 0.717) is 17.3 Å². The number of nitrogens with zero attached hydrogens (tertiary/aromatic N) is 3. The van der Waals surface area contributed by atoms with Gasteiger partial charge in [-0.3, -0.25) is 4.79 Å². The molecule has 1 saturated heterocycles. The van der Waals surface area contributed by atoms with Crippen molar-refractivity contribution < 1.29 is 4.79 Å². The van der Waals surface area contributed by atoms with Gasteiger partial charge in [0.15, 0.2) is 0 Å². The van der Waals surface area contributed by atoms with E-state index in [4.69, 9.17) is 11.5 Å². The summed E-state index contributed by atoms with van der Waals surface area (Å²) in [6, 6.07) is 2.07. The summed E-state index contributed by atoms with van der Waals surface area (Å²) in [5.41, 5.74) is 11.7. The maximum atomic E-state index is 11.3. The number of carbonyl (C=O) groups is 1. The van der Waals surface area contributed by atoms with Crippen LogP contribution in [0.1, 0.15) is 23.2 Å². The molecule has 1 aliphatic heterocycles. The van der Waals surface area contributed by atoms with Crippen LogP contribution < -0.4 is 16.4 Å². The van der Waals surface area contributed by atoms with Gasteiger partial charge in [-0.05, 0) is 32.5 Å². The normalized spacial score (nSPS) is 20.2. The molecule has 1 amide bonds. The first-order chi connectivity index (χ1) is 8.99. The van der Waals surface area contributed by atoms with Gasteiger partial charge in [-0.25, -0.2) is 4.98 Å². The van der Waals surface area contributed by atoms with Crippen LogP contribution in [0.5, 0.6) is 0 Å². The zero-order valence-corrected chi connectivity index (χ0v) is 11.5. The molecule has 4 N–H and O–H groups in total. The van der Waals surface area contributed by atoms with E-state index in [1.54, 1.807) is 6.07 Å². The summed E-state index contributed by atoms with van der Waals surface area (Å²) in [4.78, 5) is 20.0. The number of nitrogens with two attached hydrogens (primary N) is 2. The molecule has 2 heterocycles. The molecule has 1 aliphatic rings. The van der Waals surface area contributed by atoms with Crippen LogP contribution in [0, 0.1) is 0 Å². The number of anilines is 2. The molecule has 1 fully saturated rings. The molecule has 0 radical (unpaired) electrons. The van der Waals surface area contributed by atoms with Gasteiger partial charge in [0.1, 0.15) is 5.82 Å². The Bertz CT molecular complexity index is 476. The number of nitrogen functional groups attached to an aromatic ring is 1. The monoisotopic (exact) mass is 263 g/mol. The van der Waals surface area contributed by atoms with Gasteiger partial charge in [-0.2, -0.15) is 0 Å². The maximum absolute atomic E-state index is 11.3. The summed E-state index contributed by atoms with van der Waals surface area (Å²) in [5.74, 6) is 0.221. The Morgan fingerprint density at radius 1 is 1.58 bits per heavy atom. The van der Waals surface area contributed by atoms with Crippen molar-refractivity contribution in [3.63, 3.8) is 0 Å². The fourth-order valence-electron chi connectivity index (χ4n) is 2.50. The molecule has 1 atom stereocenters. The van der Waals surface area contributed by atoms with E-state index in [9.17, 15) is 4.79 Å². The summed E-state index contributed by atoms with van der Waals surface area (Å²) >= 11 is 0. The molecule has 0 saturated carbocycles. The topological polar surface area (TPSA) is 88.5 Å². The van der Waals surface area contributed by atoms with Crippen molar-refractivity contribution in [3.8, 4) is 0 Å². The standard InChI is InChI=1S/C13H21N5O/c1-17-5-3-4-9(8-17)18(2)12-6-10(13(15)19)11(14)7-16-12/h6-7,9H,3-5,8,14H2,1-2H3,(H2,15,19). The number of carbonyl (C=O) groups excluding carboxylic acids is 1. The number of likely N-dealkylation sites (N-methyl/N-ethyl adjacent to an activating group) is 2. The predicted octanol–water partition coefficient (Wildman–Crippen LogP) is 0.293. The van der Waals surface area contributed by atoms with Crippen LogP contribution in [0.4, 0.5) is 11.5 Å². The number of likely N-dealkylation sites (tertiary alicyclic amines) is 1. The van der Waals surface area contributed by atoms with E-state index in [2.05, 4.69) is 21.8 Å². The van der Waals surface area contributed by atoms with E-state index >= 15 is 0 Å². The summed E-state index contributed by atoms with van der Waals surface area (Å²) in [6.45, 7) is 2.13. The largest absolute Gasteiger partial charge is 0.397 e. The zero-order valence-electron chi connectivity index (χ0n) is 11.5. The van der Waals surface area contributed by atoms with E-state index in [0.717, 1.165) is 25.3 Å². The van der Waals surface area contributed by atoms with E-state index in [1.807, 2.05) is 7.05 Å². The van der Waals surface area contributed by atoms with Crippen molar-refractivity contribution in [2.45, 2.75) is 18.9 Å². The number of amides is 1. The highest BCUT2D eigenvalue weighted by atomic mass is 16.1. The highest BCUT2D eigenvalue weighted by molar-refractivity contribution is 5.98. The van der Waals surface area contributed by atoms with Gasteiger partial charge in [0.25, 0.3) is 5.91 Å². The number of rotatable bonds is 3. The van der Waals surface area contributed by atoms with Gasteiger partial charge in [-0.1, -0.05) is 0 Å². The number of primary amides is 1. The second kappa shape index (κ2) is 5.44. The smallest absolute Gasteiger partial charge is 0.250 e. The Kier molecular flexibility index (Phi) is 3.90.